The third kappa shape index (κ3) is 2.97. The zero-order valence-electron chi connectivity index (χ0n) is 9.40. The number of nitrogens with zero attached hydrogens (tertiary/aromatic N) is 1. The maximum atomic E-state index is 12.7. The molecule has 0 bridgehead atoms. The smallest absolute Gasteiger partial charge is 0.280 e. The fourth-order valence-corrected chi connectivity index (χ4v) is 2.46. The van der Waals surface area contributed by atoms with Crippen molar-refractivity contribution >= 4 is 16.8 Å². The van der Waals surface area contributed by atoms with Gasteiger partial charge in [0.25, 0.3) is 6.43 Å². The second-order valence-corrected chi connectivity index (χ2v) is 5.19. The van der Waals surface area contributed by atoms with Gasteiger partial charge >= 0.3 is 0 Å². The molecule has 1 unspecified atom stereocenters. The van der Waals surface area contributed by atoms with Crippen molar-refractivity contribution < 1.29 is 13.6 Å². The van der Waals surface area contributed by atoms with Gasteiger partial charge in [-0.15, -0.1) is 11.8 Å². The van der Waals surface area contributed by atoms with Gasteiger partial charge < -0.3 is 4.84 Å². The molecule has 17 heavy (non-hydrogen) atoms. The lowest BCUT2D eigenvalue weighted by molar-refractivity contribution is -0.111. The zero-order valence-corrected chi connectivity index (χ0v) is 10.2. The molecule has 1 aromatic rings. The molecule has 0 aromatic heterocycles. The van der Waals surface area contributed by atoms with Crippen molar-refractivity contribution in [3.8, 4) is 0 Å². The van der Waals surface area contributed by atoms with E-state index in [1.807, 2.05) is 30.3 Å². The summed E-state index contributed by atoms with van der Waals surface area (Å²) < 4.78 is 25.3. The minimum absolute atomic E-state index is 0.183. The molecule has 0 saturated heterocycles. The molecular weight excluding hydrogens is 244 g/mol. The first-order valence-electron chi connectivity index (χ1n) is 5.30. The number of benzene rings is 1. The topological polar surface area (TPSA) is 21.6 Å². The van der Waals surface area contributed by atoms with E-state index in [0.717, 1.165) is 11.3 Å². The van der Waals surface area contributed by atoms with Crippen LogP contribution in [0.15, 0.2) is 35.5 Å². The molecule has 1 aliphatic heterocycles. The number of hydrogen-bond acceptors (Lipinski definition) is 3. The Kier molecular flexibility index (Phi) is 3.66. The normalized spacial score (nSPS) is 23.6. The quantitative estimate of drug-likeness (QED) is 0.824. The highest BCUT2D eigenvalue weighted by Gasteiger charge is 2.43. The first-order valence-corrected chi connectivity index (χ1v) is 6.29. The molecule has 5 heteroatoms. The van der Waals surface area contributed by atoms with E-state index in [9.17, 15) is 8.78 Å². The molecule has 1 atom stereocenters. The number of alkyl halides is 2. The van der Waals surface area contributed by atoms with Crippen molar-refractivity contribution in [2.24, 2.45) is 5.16 Å². The van der Waals surface area contributed by atoms with Crippen LogP contribution in [0.4, 0.5) is 8.78 Å². The number of halogens is 2. The van der Waals surface area contributed by atoms with Crippen LogP contribution in [0.25, 0.3) is 0 Å². The number of thioether (sulfide) groups is 1. The summed E-state index contributed by atoms with van der Waals surface area (Å²) in [6, 6.07) is 9.84. The Morgan fingerprint density at radius 3 is 2.71 bits per heavy atom. The number of rotatable bonds is 3. The average molecular weight is 257 g/mol. The molecule has 0 fully saturated rings. The predicted octanol–water partition coefficient (Wildman–Crippen LogP) is 3.68. The minimum atomic E-state index is -2.51. The van der Waals surface area contributed by atoms with Gasteiger partial charge in [0.1, 0.15) is 5.04 Å². The van der Waals surface area contributed by atoms with Gasteiger partial charge in [-0.2, -0.15) is 0 Å². The Morgan fingerprint density at radius 1 is 1.41 bits per heavy atom. The SMILES string of the molecule is CC1(C(F)F)CC(SCc2ccccc2)=NO1. The summed E-state index contributed by atoms with van der Waals surface area (Å²) in [6.45, 7) is 1.39. The van der Waals surface area contributed by atoms with E-state index >= 15 is 0 Å². The van der Waals surface area contributed by atoms with E-state index in [-0.39, 0.29) is 6.42 Å². The maximum absolute atomic E-state index is 12.7. The van der Waals surface area contributed by atoms with Crippen molar-refractivity contribution in [2.45, 2.75) is 31.1 Å². The summed E-state index contributed by atoms with van der Waals surface area (Å²) in [4.78, 5) is 4.82. The Morgan fingerprint density at radius 2 is 2.12 bits per heavy atom. The van der Waals surface area contributed by atoms with Crippen LogP contribution in [0.2, 0.25) is 0 Å². The van der Waals surface area contributed by atoms with Crippen LogP contribution in [0.5, 0.6) is 0 Å². The molecule has 0 amide bonds. The van der Waals surface area contributed by atoms with Crippen molar-refractivity contribution in [3.63, 3.8) is 0 Å². The van der Waals surface area contributed by atoms with Crippen molar-refractivity contribution in [3.05, 3.63) is 35.9 Å². The summed E-state index contributed by atoms with van der Waals surface area (Å²) >= 11 is 1.45. The number of oxime groups is 1. The molecule has 0 N–H and O–H groups in total. The van der Waals surface area contributed by atoms with Gasteiger partial charge in [0.05, 0.1) is 0 Å². The summed E-state index contributed by atoms with van der Waals surface area (Å²) in [5, 5.41) is 4.36. The van der Waals surface area contributed by atoms with Gasteiger partial charge in [-0.3, -0.25) is 0 Å². The largest absolute Gasteiger partial charge is 0.382 e. The van der Waals surface area contributed by atoms with Crippen LogP contribution in [0.3, 0.4) is 0 Å². The predicted molar refractivity (Wildman–Crippen MR) is 65.3 cm³/mol. The van der Waals surface area contributed by atoms with Crippen LogP contribution < -0.4 is 0 Å². The van der Waals surface area contributed by atoms with Gasteiger partial charge in [-0.05, 0) is 12.5 Å². The fraction of sp³-hybridized carbons (Fsp3) is 0.417. The van der Waals surface area contributed by atoms with Gasteiger partial charge in [0.2, 0.25) is 5.60 Å². The lowest BCUT2D eigenvalue weighted by Crippen LogP contribution is -2.33. The van der Waals surface area contributed by atoms with E-state index in [4.69, 9.17) is 4.84 Å². The third-order valence-corrected chi connectivity index (χ3v) is 3.60. The van der Waals surface area contributed by atoms with E-state index in [2.05, 4.69) is 5.16 Å². The van der Waals surface area contributed by atoms with Crippen LogP contribution in [-0.4, -0.2) is 17.1 Å². The van der Waals surface area contributed by atoms with Gasteiger partial charge in [0.15, 0.2) is 0 Å². The zero-order chi connectivity index (χ0) is 12.3. The molecule has 0 saturated carbocycles. The average Bonchev–Trinajstić information content (AvgIpc) is 2.72. The van der Waals surface area contributed by atoms with E-state index in [1.54, 1.807) is 0 Å². The first kappa shape index (κ1) is 12.4. The molecule has 2 rings (SSSR count). The molecule has 0 spiro atoms. The Hall–Kier alpha value is -1.10. The van der Waals surface area contributed by atoms with Crippen LogP contribution in [-0.2, 0) is 10.6 Å². The Bertz CT molecular complexity index is 410. The molecule has 1 aromatic carbocycles. The first-order chi connectivity index (χ1) is 8.10. The molecule has 1 heterocycles. The summed E-state index contributed by atoms with van der Waals surface area (Å²) in [5.74, 6) is 0.725. The van der Waals surface area contributed by atoms with Crippen LogP contribution >= 0.6 is 11.8 Å². The van der Waals surface area contributed by atoms with E-state index < -0.39 is 12.0 Å². The van der Waals surface area contributed by atoms with Crippen molar-refractivity contribution in [2.75, 3.05) is 0 Å². The van der Waals surface area contributed by atoms with E-state index in [0.29, 0.717) is 5.04 Å². The molecule has 0 radical (unpaired) electrons. The maximum Gasteiger partial charge on any atom is 0.280 e. The molecule has 2 nitrogen and oxygen atoms in total. The van der Waals surface area contributed by atoms with Gasteiger partial charge in [0, 0.05) is 12.2 Å². The molecule has 1 aliphatic rings. The lowest BCUT2D eigenvalue weighted by Gasteiger charge is -2.19. The van der Waals surface area contributed by atoms with E-state index in [1.165, 1.54) is 18.7 Å². The summed E-state index contributed by atoms with van der Waals surface area (Å²) in [7, 11) is 0. The van der Waals surface area contributed by atoms with Crippen molar-refractivity contribution in [1.82, 2.24) is 0 Å². The summed E-state index contributed by atoms with van der Waals surface area (Å²) in [6.07, 6.45) is -2.33. The monoisotopic (exact) mass is 257 g/mol. The molecular formula is C12H13F2NOS. The van der Waals surface area contributed by atoms with Crippen LogP contribution in [0, 0.1) is 0 Å². The highest BCUT2D eigenvalue weighted by atomic mass is 32.2. The lowest BCUT2D eigenvalue weighted by atomic mass is 10.1. The Balaban J connectivity index is 1.87. The third-order valence-electron chi connectivity index (χ3n) is 2.57. The second kappa shape index (κ2) is 5.04. The Labute approximate surface area is 103 Å². The van der Waals surface area contributed by atoms with Gasteiger partial charge in [-0.25, -0.2) is 8.78 Å². The second-order valence-electron chi connectivity index (χ2n) is 4.14. The fourth-order valence-electron chi connectivity index (χ4n) is 1.46. The standard InChI is InChI=1S/C12H13F2NOS/c1-12(11(13)14)7-10(15-16-12)17-8-9-5-3-2-4-6-9/h2-6,11H,7-8H2,1H3. The molecule has 0 aliphatic carbocycles. The molecule has 92 valence electrons. The highest BCUT2D eigenvalue weighted by Crippen LogP contribution is 2.34. The van der Waals surface area contributed by atoms with Crippen molar-refractivity contribution in [1.29, 1.82) is 0 Å². The number of hydrogen-bond donors (Lipinski definition) is 0. The minimum Gasteiger partial charge on any atom is -0.382 e. The summed E-state index contributed by atoms with van der Waals surface area (Å²) in [5.41, 5.74) is -0.301. The highest BCUT2D eigenvalue weighted by molar-refractivity contribution is 8.13. The van der Waals surface area contributed by atoms with Crippen LogP contribution in [0.1, 0.15) is 18.9 Å². The van der Waals surface area contributed by atoms with Gasteiger partial charge in [-0.1, -0.05) is 35.5 Å².